The first-order valence-corrected chi connectivity index (χ1v) is 9.60. The van der Waals surface area contributed by atoms with Crippen LogP contribution in [0.5, 0.6) is 5.75 Å². The molecule has 2 heterocycles. The van der Waals surface area contributed by atoms with Crippen molar-refractivity contribution in [1.82, 2.24) is 14.7 Å². The minimum atomic E-state index is 0.325. The van der Waals surface area contributed by atoms with Gasteiger partial charge >= 0.3 is 0 Å². The molecule has 0 aromatic heterocycles. The Hall–Kier alpha value is -1.59. The summed E-state index contributed by atoms with van der Waals surface area (Å²) in [7, 11) is 1.70. The Morgan fingerprint density at radius 2 is 1.56 bits per heavy atom. The first kappa shape index (κ1) is 18.2. The molecule has 0 atom stereocenters. The van der Waals surface area contributed by atoms with Crippen LogP contribution in [-0.2, 0) is 11.2 Å². The van der Waals surface area contributed by atoms with Gasteiger partial charge in [-0.05, 0) is 43.4 Å². The van der Waals surface area contributed by atoms with Crippen molar-refractivity contribution >= 4 is 5.91 Å². The third-order valence-electron chi connectivity index (χ3n) is 5.41. The molecular formula is C20H31N3O2. The van der Waals surface area contributed by atoms with Gasteiger partial charge in [-0.3, -0.25) is 9.69 Å². The molecule has 1 amide bonds. The zero-order valence-electron chi connectivity index (χ0n) is 15.5. The molecule has 0 radical (unpaired) electrons. The molecule has 1 aromatic rings. The van der Waals surface area contributed by atoms with E-state index in [1.54, 1.807) is 7.11 Å². The Morgan fingerprint density at radius 3 is 2.20 bits per heavy atom. The lowest BCUT2D eigenvalue weighted by molar-refractivity contribution is -0.133. The fourth-order valence-electron chi connectivity index (χ4n) is 3.69. The van der Waals surface area contributed by atoms with E-state index in [1.807, 2.05) is 12.1 Å². The molecule has 0 aliphatic carbocycles. The van der Waals surface area contributed by atoms with Gasteiger partial charge < -0.3 is 14.5 Å². The summed E-state index contributed by atoms with van der Waals surface area (Å²) >= 11 is 0. The maximum Gasteiger partial charge on any atom is 0.236 e. The van der Waals surface area contributed by atoms with E-state index in [1.165, 1.54) is 24.8 Å². The van der Waals surface area contributed by atoms with E-state index < -0.39 is 0 Å². The number of piperidine rings is 1. The summed E-state index contributed by atoms with van der Waals surface area (Å²) in [6.45, 7) is 7.73. The number of carbonyl (C=O) groups excluding carboxylic acids is 1. The van der Waals surface area contributed by atoms with Gasteiger partial charge in [0.25, 0.3) is 0 Å². The Balaban J connectivity index is 1.35. The van der Waals surface area contributed by atoms with Crippen molar-refractivity contribution in [3.63, 3.8) is 0 Å². The van der Waals surface area contributed by atoms with E-state index in [0.29, 0.717) is 12.5 Å². The molecule has 5 nitrogen and oxygen atoms in total. The van der Waals surface area contributed by atoms with Gasteiger partial charge in [0.2, 0.25) is 5.91 Å². The summed E-state index contributed by atoms with van der Waals surface area (Å²) in [4.78, 5) is 19.3. The molecule has 2 fully saturated rings. The van der Waals surface area contributed by atoms with E-state index in [4.69, 9.17) is 4.74 Å². The molecule has 0 spiro atoms. The number of methoxy groups -OCH3 is 1. The van der Waals surface area contributed by atoms with Gasteiger partial charge in [0, 0.05) is 45.8 Å². The second kappa shape index (κ2) is 9.20. The summed E-state index contributed by atoms with van der Waals surface area (Å²) in [6.07, 6.45) is 4.68. The molecule has 2 saturated heterocycles. The minimum Gasteiger partial charge on any atom is -0.497 e. The van der Waals surface area contributed by atoms with Gasteiger partial charge in [-0.2, -0.15) is 0 Å². The summed E-state index contributed by atoms with van der Waals surface area (Å²) in [5, 5.41) is 0. The van der Waals surface area contributed by atoms with Gasteiger partial charge in [-0.15, -0.1) is 0 Å². The van der Waals surface area contributed by atoms with E-state index in [2.05, 4.69) is 26.8 Å². The lowest BCUT2D eigenvalue weighted by atomic mass is 10.1. The molecule has 0 saturated carbocycles. The van der Waals surface area contributed by atoms with Gasteiger partial charge in [0.05, 0.1) is 13.7 Å². The number of rotatable bonds is 6. The second-order valence-electron chi connectivity index (χ2n) is 7.16. The highest BCUT2D eigenvalue weighted by molar-refractivity contribution is 5.78. The van der Waals surface area contributed by atoms with Gasteiger partial charge in [0.15, 0.2) is 0 Å². The van der Waals surface area contributed by atoms with E-state index in [-0.39, 0.29) is 0 Å². The van der Waals surface area contributed by atoms with Crippen LogP contribution in [0.25, 0.3) is 0 Å². The molecule has 3 rings (SSSR count). The van der Waals surface area contributed by atoms with Crippen molar-refractivity contribution in [3.8, 4) is 5.75 Å². The van der Waals surface area contributed by atoms with Crippen LogP contribution in [-0.4, -0.2) is 80.1 Å². The maximum absolute atomic E-state index is 12.4. The normalized spacial score (nSPS) is 19.8. The first-order chi connectivity index (χ1) is 12.2. The van der Waals surface area contributed by atoms with E-state index in [9.17, 15) is 4.79 Å². The summed E-state index contributed by atoms with van der Waals surface area (Å²) in [5.41, 5.74) is 1.35. The molecular weight excluding hydrogens is 314 g/mol. The molecule has 5 heteroatoms. The number of benzene rings is 1. The van der Waals surface area contributed by atoms with E-state index >= 15 is 0 Å². The fraction of sp³-hybridized carbons (Fsp3) is 0.650. The molecule has 2 aliphatic heterocycles. The van der Waals surface area contributed by atoms with Crippen LogP contribution in [0.4, 0.5) is 0 Å². The summed E-state index contributed by atoms with van der Waals surface area (Å²) in [6, 6.07) is 8.34. The molecule has 2 aliphatic rings. The lowest BCUT2D eigenvalue weighted by Crippen LogP contribution is -2.50. The standard InChI is InChI=1S/C20H31N3O2/c1-25-19-7-5-18(6-8-19)9-12-21-13-15-22(16-14-21)17-20(24)23-10-3-2-4-11-23/h5-8H,2-4,9-17H2,1H3. The Bertz CT molecular complexity index is 532. The number of hydrogen-bond acceptors (Lipinski definition) is 4. The van der Waals surface area contributed by atoms with Crippen molar-refractivity contribution in [2.45, 2.75) is 25.7 Å². The minimum absolute atomic E-state index is 0.325. The molecule has 0 N–H and O–H groups in total. The fourth-order valence-corrected chi connectivity index (χ4v) is 3.69. The summed E-state index contributed by atoms with van der Waals surface area (Å²) in [5.74, 6) is 1.24. The third-order valence-corrected chi connectivity index (χ3v) is 5.41. The lowest BCUT2D eigenvalue weighted by Gasteiger charge is -2.36. The number of likely N-dealkylation sites (tertiary alicyclic amines) is 1. The highest BCUT2D eigenvalue weighted by Crippen LogP contribution is 2.13. The molecule has 0 bridgehead atoms. The average Bonchev–Trinajstić information content (AvgIpc) is 2.68. The smallest absolute Gasteiger partial charge is 0.236 e. The van der Waals surface area contributed by atoms with Gasteiger partial charge in [0.1, 0.15) is 5.75 Å². The predicted octanol–water partition coefficient (Wildman–Crippen LogP) is 1.87. The zero-order chi connectivity index (χ0) is 17.5. The van der Waals surface area contributed by atoms with Crippen LogP contribution in [0.15, 0.2) is 24.3 Å². The highest BCUT2D eigenvalue weighted by Gasteiger charge is 2.22. The van der Waals surface area contributed by atoms with Crippen molar-refractivity contribution in [1.29, 1.82) is 0 Å². The summed E-state index contributed by atoms with van der Waals surface area (Å²) < 4.78 is 5.20. The topological polar surface area (TPSA) is 36.0 Å². The Labute approximate surface area is 151 Å². The number of hydrogen-bond donors (Lipinski definition) is 0. The Kier molecular flexibility index (Phi) is 6.70. The van der Waals surface area contributed by atoms with E-state index in [0.717, 1.165) is 58.0 Å². The van der Waals surface area contributed by atoms with Crippen molar-refractivity contribution in [2.75, 3.05) is 59.5 Å². The number of carbonyl (C=O) groups is 1. The van der Waals surface area contributed by atoms with Crippen LogP contribution in [0, 0.1) is 0 Å². The quantitative estimate of drug-likeness (QED) is 0.789. The molecule has 0 unspecified atom stereocenters. The highest BCUT2D eigenvalue weighted by atomic mass is 16.5. The van der Waals surface area contributed by atoms with Gasteiger partial charge in [-0.25, -0.2) is 0 Å². The van der Waals surface area contributed by atoms with Crippen molar-refractivity contribution in [2.24, 2.45) is 0 Å². The number of piperazine rings is 1. The molecule has 138 valence electrons. The van der Waals surface area contributed by atoms with Crippen molar-refractivity contribution < 1.29 is 9.53 Å². The van der Waals surface area contributed by atoms with Crippen LogP contribution in [0.2, 0.25) is 0 Å². The number of amides is 1. The second-order valence-corrected chi connectivity index (χ2v) is 7.16. The Morgan fingerprint density at radius 1 is 0.920 bits per heavy atom. The van der Waals surface area contributed by atoms with Crippen LogP contribution >= 0.6 is 0 Å². The number of nitrogens with zero attached hydrogens (tertiary/aromatic N) is 3. The maximum atomic E-state index is 12.4. The zero-order valence-corrected chi connectivity index (χ0v) is 15.5. The van der Waals surface area contributed by atoms with Crippen LogP contribution in [0.3, 0.4) is 0 Å². The van der Waals surface area contributed by atoms with Crippen LogP contribution in [0.1, 0.15) is 24.8 Å². The average molecular weight is 345 g/mol. The SMILES string of the molecule is COc1ccc(CCN2CCN(CC(=O)N3CCCCC3)CC2)cc1. The predicted molar refractivity (Wildman–Crippen MR) is 100 cm³/mol. The van der Waals surface area contributed by atoms with Crippen LogP contribution < -0.4 is 4.74 Å². The van der Waals surface area contributed by atoms with Crippen molar-refractivity contribution in [3.05, 3.63) is 29.8 Å². The third kappa shape index (κ3) is 5.44. The first-order valence-electron chi connectivity index (χ1n) is 9.60. The van der Waals surface area contributed by atoms with Gasteiger partial charge in [-0.1, -0.05) is 12.1 Å². The monoisotopic (exact) mass is 345 g/mol. The largest absolute Gasteiger partial charge is 0.497 e. The molecule has 25 heavy (non-hydrogen) atoms. The molecule has 1 aromatic carbocycles. The number of ether oxygens (including phenoxy) is 1.